The highest BCUT2D eigenvalue weighted by Crippen LogP contribution is 2.40. The van der Waals surface area contributed by atoms with Gasteiger partial charge in [-0.25, -0.2) is 18.6 Å². The Labute approximate surface area is 208 Å². The van der Waals surface area contributed by atoms with Crippen LogP contribution in [0.25, 0.3) is 5.69 Å². The normalized spacial score (nSPS) is 16.1. The zero-order valence-electron chi connectivity index (χ0n) is 16.7. The summed E-state index contributed by atoms with van der Waals surface area (Å²) in [5, 5.41) is 5.80. The first-order valence-corrected chi connectivity index (χ1v) is 11.1. The molecular formula is C16H10Cl3F6N5O4S. The van der Waals surface area contributed by atoms with Gasteiger partial charge in [0.2, 0.25) is 12.6 Å². The van der Waals surface area contributed by atoms with E-state index in [0.29, 0.717) is 21.7 Å². The number of nitrogens with zero attached hydrogens (tertiary/aromatic N) is 4. The molecule has 0 fully saturated rings. The third-order valence-electron chi connectivity index (χ3n) is 4.12. The number of carbonyl (C=O) groups excluding carboxylic acids is 1. The molecule has 2 N–H and O–H groups in total. The van der Waals surface area contributed by atoms with Crippen LogP contribution in [-0.2, 0) is 26.6 Å². The fourth-order valence-electron chi connectivity index (χ4n) is 2.73. The van der Waals surface area contributed by atoms with Crippen LogP contribution in [-0.4, -0.2) is 48.6 Å². The van der Waals surface area contributed by atoms with Gasteiger partial charge in [-0.3, -0.25) is 0 Å². The van der Waals surface area contributed by atoms with Crippen LogP contribution in [0, 0.1) is 0 Å². The molecule has 2 unspecified atom stereocenters. The van der Waals surface area contributed by atoms with E-state index >= 15 is 0 Å². The SMILES string of the molecule is CC(Cl)OC(=O)N1CON=C1c1nn(-c2c(Cl)cc(C(F)(F)F)cc2Cl)c(N)c1S(=O)C(F)(F)F. The zero-order valence-corrected chi connectivity index (χ0v) is 19.8. The van der Waals surface area contributed by atoms with Crippen molar-refractivity contribution >= 4 is 63.3 Å². The van der Waals surface area contributed by atoms with E-state index in [4.69, 9.17) is 50.1 Å². The summed E-state index contributed by atoms with van der Waals surface area (Å²) in [4.78, 5) is 16.4. The van der Waals surface area contributed by atoms with E-state index < -0.39 is 84.4 Å². The fraction of sp³-hybridized carbons (Fsp3) is 0.312. The number of carbonyl (C=O) groups is 1. The highest BCUT2D eigenvalue weighted by atomic mass is 35.5. The van der Waals surface area contributed by atoms with Gasteiger partial charge in [0.1, 0.15) is 16.4 Å². The lowest BCUT2D eigenvalue weighted by molar-refractivity contribution is -0.137. The van der Waals surface area contributed by atoms with Crippen LogP contribution in [0.1, 0.15) is 18.2 Å². The Morgan fingerprint density at radius 1 is 1.23 bits per heavy atom. The number of nitrogens with two attached hydrogens (primary N) is 1. The molecule has 19 heteroatoms. The Balaban J connectivity index is 2.25. The summed E-state index contributed by atoms with van der Waals surface area (Å²) in [6, 6.07) is 0.872. The minimum atomic E-state index is -5.37. The molecule has 2 heterocycles. The van der Waals surface area contributed by atoms with Crippen LogP contribution in [0.3, 0.4) is 0 Å². The second-order valence-electron chi connectivity index (χ2n) is 6.50. The van der Waals surface area contributed by atoms with E-state index in [0.717, 1.165) is 0 Å². The van der Waals surface area contributed by atoms with E-state index in [1.807, 2.05) is 0 Å². The number of rotatable bonds is 4. The number of hydrogen-bond donors (Lipinski definition) is 1. The number of ether oxygens (including phenoxy) is 1. The smallest absolute Gasteiger partial charge is 0.430 e. The van der Waals surface area contributed by atoms with Crippen molar-refractivity contribution in [3.05, 3.63) is 33.4 Å². The number of hydrogen-bond acceptors (Lipinski definition) is 7. The third-order valence-corrected chi connectivity index (χ3v) is 5.98. The summed E-state index contributed by atoms with van der Waals surface area (Å²) in [5.41, 5.74) is -3.46. The van der Waals surface area contributed by atoms with Crippen LogP contribution < -0.4 is 5.73 Å². The van der Waals surface area contributed by atoms with Crippen LogP contribution >= 0.6 is 34.8 Å². The summed E-state index contributed by atoms with van der Waals surface area (Å²) < 4.78 is 96.9. The molecule has 0 aliphatic carbocycles. The molecule has 1 amide bonds. The maximum atomic E-state index is 13.4. The van der Waals surface area contributed by atoms with Gasteiger partial charge in [-0.2, -0.15) is 31.4 Å². The van der Waals surface area contributed by atoms with Crippen LogP contribution in [0.5, 0.6) is 0 Å². The standard InChI is InChI=1S/C16H10Cl3F6N5O4S/c1-5(17)34-14(31)29-4-33-28-13(29)9-11(35(32)16(23,24)25)12(26)30(27-9)10-7(18)2-6(3-8(10)19)15(20,21)22/h2-3,5H,4,26H2,1H3. The zero-order chi connectivity index (χ0) is 26.5. The van der Waals surface area contributed by atoms with Crippen molar-refractivity contribution in [2.45, 2.75) is 29.1 Å². The number of aromatic nitrogens is 2. The number of benzene rings is 1. The topological polar surface area (TPSA) is 112 Å². The number of nitrogen functional groups attached to an aromatic ring is 1. The Morgan fingerprint density at radius 2 is 1.80 bits per heavy atom. The molecule has 0 saturated heterocycles. The summed E-state index contributed by atoms with van der Waals surface area (Å²) in [6.45, 7) is 0.614. The summed E-state index contributed by atoms with van der Waals surface area (Å²) in [5.74, 6) is -1.67. The lowest BCUT2D eigenvalue weighted by Crippen LogP contribution is -2.37. The van der Waals surface area contributed by atoms with Gasteiger partial charge in [-0.15, -0.1) is 0 Å². The van der Waals surface area contributed by atoms with Gasteiger partial charge in [-0.1, -0.05) is 40.0 Å². The average Bonchev–Trinajstić information content (AvgIpc) is 3.30. The summed E-state index contributed by atoms with van der Waals surface area (Å²) in [6.07, 6.45) is -6.07. The van der Waals surface area contributed by atoms with E-state index in [9.17, 15) is 35.3 Å². The fourth-order valence-corrected chi connectivity index (χ4v) is 4.27. The molecule has 2 aromatic rings. The minimum absolute atomic E-state index is 0.436. The molecule has 192 valence electrons. The Morgan fingerprint density at radius 3 is 2.29 bits per heavy atom. The molecule has 0 bridgehead atoms. The quantitative estimate of drug-likeness (QED) is 0.394. The van der Waals surface area contributed by atoms with E-state index in [1.165, 1.54) is 6.92 Å². The van der Waals surface area contributed by atoms with Gasteiger partial charge in [0.15, 0.2) is 22.1 Å². The van der Waals surface area contributed by atoms with Crippen molar-refractivity contribution < 1.29 is 44.9 Å². The number of amidine groups is 1. The summed E-state index contributed by atoms with van der Waals surface area (Å²) in [7, 11) is -3.86. The molecule has 1 aliphatic rings. The number of amides is 1. The van der Waals surface area contributed by atoms with Crippen molar-refractivity contribution in [3.63, 3.8) is 0 Å². The first-order valence-electron chi connectivity index (χ1n) is 8.80. The van der Waals surface area contributed by atoms with E-state index in [1.54, 1.807) is 0 Å². The largest absolute Gasteiger partial charge is 0.476 e. The first-order chi connectivity index (χ1) is 16.0. The van der Waals surface area contributed by atoms with Crippen LogP contribution in [0.4, 0.5) is 37.0 Å². The molecule has 1 aromatic heterocycles. The first kappa shape index (κ1) is 27.2. The molecule has 3 rings (SSSR count). The van der Waals surface area contributed by atoms with E-state index in [-0.39, 0.29) is 0 Å². The number of oxime groups is 1. The lowest BCUT2D eigenvalue weighted by Gasteiger charge is -2.16. The third kappa shape index (κ3) is 5.39. The predicted molar refractivity (Wildman–Crippen MR) is 112 cm³/mol. The van der Waals surface area contributed by atoms with Gasteiger partial charge < -0.3 is 15.3 Å². The second-order valence-corrected chi connectivity index (χ2v) is 9.34. The van der Waals surface area contributed by atoms with Gasteiger partial charge in [0.05, 0.1) is 15.6 Å². The van der Waals surface area contributed by atoms with Crippen molar-refractivity contribution in [1.29, 1.82) is 0 Å². The highest BCUT2D eigenvalue weighted by Gasteiger charge is 2.45. The van der Waals surface area contributed by atoms with Crippen molar-refractivity contribution in [1.82, 2.24) is 14.7 Å². The molecule has 1 aromatic carbocycles. The van der Waals surface area contributed by atoms with Gasteiger partial charge in [0.25, 0.3) is 0 Å². The summed E-state index contributed by atoms with van der Waals surface area (Å²) >= 11 is 17.4. The van der Waals surface area contributed by atoms with Crippen LogP contribution in [0.2, 0.25) is 10.0 Å². The molecule has 1 aliphatic heterocycles. The van der Waals surface area contributed by atoms with Crippen LogP contribution in [0.15, 0.2) is 22.2 Å². The van der Waals surface area contributed by atoms with Gasteiger partial charge >= 0.3 is 17.8 Å². The van der Waals surface area contributed by atoms with E-state index in [2.05, 4.69) is 10.3 Å². The predicted octanol–water partition coefficient (Wildman–Crippen LogP) is 5.08. The van der Waals surface area contributed by atoms with Crippen molar-refractivity contribution in [3.8, 4) is 5.69 Å². The van der Waals surface area contributed by atoms with Gasteiger partial charge in [-0.05, 0) is 19.1 Å². The van der Waals surface area contributed by atoms with Crippen molar-refractivity contribution in [2.75, 3.05) is 12.5 Å². The maximum absolute atomic E-state index is 13.4. The number of anilines is 1. The number of alkyl halides is 7. The average molecular weight is 589 g/mol. The van der Waals surface area contributed by atoms with Gasteiger partial charge in [0, 0.05) is 0 Å². The Kier molecular flexibility index (Phi) is 7.41. The molecule has 35 heavy (non-hydrogen) atoms. The minimum Gasteiger partial charge on any atom is -0.430 e. The molecule has 9 nitrogen and oxygen atoms in total. The monoisotopic (exact) mass is 587 g/mol. The Bertz CT molecular complexity index is 1210. The lowest BCUT2D eigenvalue weighted by atomic mass is 10.2. The second kappa shape index (κ2) is 9.55. The molecule has 0 radical (unpaired) electrons. The van der Waals surface area contributed by atoms with Crippen molar-refractivity contribution in [2.24, 2.45) is 5.16 Å². The molecular weight excluding hydrogens is 579 g/mol. The number of halogens is 9. The molecule has 0 spiro atoms. The Hall–Kier alpha value is -2.43. The highest BCUT2D eigenvalue weighted by molar-refractivity contribution is 7.86. The maximum Gasteiger partial charge on any atom is 0.476 e. The molecule has 0 saturated carbocycles. The molecule has 2 atom stereocenters.